The van der Waals surface area contributed by atoms with Crippen LogP contribution in [-0.2, 0) is 6.42 Å². The highest BCUT2D eigenvalue weighted by Gasteiger charge is 2.36. The molecule has 2 amide bonds. The predicted octanol–water partition coefficient (Wildman–Crippen LogP) is 3.98. The molecule has 1 saturated carbocycles. The normalized spacial score (nSPS) is 21.7. The van der Waals surface area contributed by atoms with Gasteiger partial charge in [0.25, 0.3) is 11.8 Å². The highest BCUT2D eigenvalue weighted by atomic mass is 16.2. The van der Waals surface area contributed by atoms with Gasteiger partial charge in [-0.25, -0.2) is 4.90 Å². The summed E-state index contributed by atoms with van der Waals surface area (Å²) < 4.78 is 0. The molecule has 146 valence electrons. The van der Waals surface area contributed by atoms with Crippen molar-refractivity contribution < 1.29 is 9.59 Å². The maximum atomic E-state index is 12.9. The van der Waals surface area contributed by atoms with Crippen LogP contribution in [0.25, 0.3) is 0 Å². The Balaban J connectivity index is 1.48. The molecular formula is C23H27N3O2. The van der Waals surface area contributed by atoms with E-state index < -0.39 is 0 Å². The lowest BCUT2D eigenvalue weighted by Gasteiger charge is -2.26. The number of nitrogens with one attached hydrogen (secondary N) is 1. The minimum absolute atomic E-state index is 0.253. The van der Waals surface area contributed by atoms with Crippen molar-refractivity contribution >= 4 is 23.2 Å². The number of amides is 2. The van der Waals surface area contributed by atoms with Crippen molar-refractivity contribution in [2.45, 2.75) is 45.1 Å². The fraction of sp³-hybridized carbons (Fsp3) is 0.391. The Bertz CT molecular complexity index is 883. The van der Waals surface area contributed by atoms with Gasteiger partial charge in [-0.05, 0) is 73.9 Å². The van der Waals surface area contributed by atoms with E-state index in [1.165, 1.54) is 10.5 Å². The third kappa shape index (κ3) is 3.54. The Morgan fingerprint density at radius 1 is 0.964 bits per heavy atom. The second-order valence-electron chi connectivity index (χ2n) is 7.89. The Morgan fingerprint density at radius 2 is 1.64 bits per heavy atom. The third-order valence-corrected chi connectivity index (χ3v) is 5.98. The molecule has 0 spiro atoms. The lowest BCUT2D eigenvalue weighted by Crippen LogP contribution is -2.29. The molecule has 2 aromatic carbocycles. The molecule has 0 atom stereocenters. The zero-order chi connectivity index (χ0) is 19.7. The second-order valence-corrected chi connectivity index (χ2v) is 7.89. The van der Waals surface area contributed by atoms with Crippen molar-refractivity contribution in [3.63, 3.8) is 0 Å². The molecule has 0 radical (unpaired) electrons. The molecule has 28 heavy (non-hydrogen) atoms. The van der Waals surface area contributed by atoms with E-state index in [0.717, 1.165) is 44.3 Å². The number of hydrogen-bond donors (Lipinski definition) is 2. The quantitative estimate of drug-likeness (QED) is 0.773. The van der Waals surface area contributed by atoms with Crippen LogP contribution < -0.4 is 16.0 Å². The zero-order valence-electron chi connectivity index (χ0n) is 16.3. The van der Waals surface area contributed by atoms with Gasteiger partial charge in [-0.1, -0.05) is 19.1 Å². The summed E-state index contributed by atoms with van der Waals surface area (Å²) in [4.78, 5) is 27.0. The van der Waals surface area contributed by atoms with Gasteiger partial charge in [-0.15, -0.1) is 0 Å². The van der Waals surface area contributed by atoms with Crippen LogP contribution in [0.15, 0.2) is 42.5 Å². The molecular weight excluding hydrogens is 350 g/mol. The van der Waals surface area contributed by atoms with E-state index in [4.69, 9.17) is 5.73 Å². The van der Waals surface area contributed by atoms with Crippen molar-refractivity contribution in [2.24, 2.45) is 11.7 Å². The van der Waals surface area contributed by atoms with Gasteiger partial charge in [-0.3, -0.25) is 9.59 Å². The van der Waals surface area contributed by atoms with Crippen molar-refractivity contribution in [3.05, 3.63) is 59.2 Å². The zero-order valence-corrected chi connectivity index (χ0v) is 16.3. The number of aryl methyl sites for hydroxylation is 1. The molecule has 0 bridgehead atoms. The van der Waals surface area contributed by atoms with Gasteiger partial charge < -0.3 is 11.1 Å². The Hall–Kier alpha value is -2.66. The molecule has 3 N–H and O–H groups in total. The maximum Gasteiger partial charge on any atom is 0.266 e. The van der Waals surface area contributed by atoms with Gasteiger partial charge in [0.2, 0.25) is 0 Å². The Morgan fingerprint density at radius 3 is 2.32 bits per heavy atom. The number of anilines is 2. The molecule has 0 aromatic heterocycles. The first-order chi connectivity index (χ1) is 13.6. The minimum atomic E-state index is -0.253. The van der Waals surface area contributed by atoms with Crippen LogP contribution in [0.4, 0.5) is 11.4 Å². The van der Waals surface area contributed by atoms with E-state index in [0.29, 0.717) is 28.8 Å². The topological polar surface area (TPSA) is 75.4 Å². The molecule has 1 fully saturated rings. The van der Waals surface area contributed by atoms with E-state index in [1.54, 1.807) is 6.07 Å². The molecule has 5 heteroatoms. The summed E-state index contributed by atoms with van der Waals surface area (Å²) in [6.07, 6.45) is 5.35. The average Bonchev–Trinajstić information content (AvgIpc) is 2.97. The third-order valence-electron chi connectivity index (χ3n) is 5.98. The minimum Gasteiger partial charge on any atom is -0.385 e. The first-order valence-electron chi connectivity index (χ1n) is 10.2. The largest absolute Gasteiger partial charge is 0.385 e. The van der Waals surface area contributed by atoms with E-state index >= 15 is 0 Å². The highest BCUT2D eigenvalue weighted by molar-refractivity contribution is 6.34. The fourth-order valence-corrected chi connectivity index (χ4v) is 4.12. The van der Waals surface area contributed by atoms with Crippen molar-refractivity contribution in [1.29, 1.82) is 0 Å². The van der Waals surface area contributed by atoms with E-state index in [-0.39, 0.29) is 11.8 Å². The van der Waals surface area contributed by atoms with Gasteiger partial charge in [0, 0.05) is 18.3 Å². The van der Waals surface area contributed by atoms with Crippen LogP contribution in [0.1, 0.15) is 58.9 Å². The van der Waals surface area contributed by atoms with Gasteiger partial charge in [0.15, 0.2) is 0 Å². The number of carbonyl (C=O) groups excluding carboxylic acids is 2. The molecule has 1 aliphatic heterocycles. The fourth-order valence-electron chi connectivity index (χ4n) is 4.12. The summed E-state index contributed by atoms with van der Waals surface area (Å²) in [6.45, 7) is 2.95. The predicted molar refractivity (Wildman–Crippen MR) is 112 cm³/mol. The van der Waals surface area contributed by atoms with Crippen LogP contribution in [0.5, 0.6) is 0 Å². The summed E-state index contributed by atoms with van der Waals surface area (Å²) in [5, 5.41) is 3.44. The number of hydrogen-bond acceptors (Lipinski definition) is 4. The first-order valence-corrected chi connectivity index (χ1v) is 10.2. The molecule has 2 aromatic rings. The van der Waals surface area contributed by atoms with E-state index in [1.807, 2.05) is 36.4 Å². The maximum absolute atomic E-state index is 12.9. The van der Waals surface area contributed by atoms with Crippen molar-refractivity contribution in [2.75, 3.05) is 16.8 Å². The number of rotatable bonds is 5. The monoisotopic (exact) mass is 377 g/mol. The smallest absolute Gasteiger partial charge is 0.266 e. The van der Waals surface area contributed by atoms with Crippen LogP contribution in [0, 0.1) is 5.92 Å². The summed E-state index contributed by atoms with van der Waals surface area (Å²) in [5.41, 5.74) is 9.61. The van der Waals surface area contributed by atoms with Gasteiger partial charge in [0.1, 0.15) is 0 Å². The van der Waals surface area contributed by atoms with E-state index in [2.05, 4.69) is 12.2 Å². The molecule has 1 aliphatic carbocycles. The van der Waals surface area contributed by atoms with Crippen LogP contribution in [0.2, 0.25) is 0 Å². The summed E-state index contributed by atoms with van der Waals surface area (Å²) in [7, 11) is 0. The number of imide groups is 1. The Kier molecular flexibility index (Phi) is 5.18. The van der Waals surface area contributed by atoms with Crippen molar-refractivity contribution in [3.8, 4) is 0 Å². The standard InChI is InChI=1S/C23H27N3O2/c1-2-15-5-10-19(11-6-15)26-22(27)20-12-9-18(13-21(20)23(26)28)25-14-16-3-7-17(24)8-4-16/h5-6,9-13,16-17,25H,2-4,7-8,14,24H2,1H3/t16-,17-. The van der Waals surface area contributed by atoms with Gasteiger partial charge in [-0.2, -0.15) is 0 Å². The molecule has 2 aliphatic rings. The highest BCUT2D eigenvalue weighted by Crippen LogP contribution is 2.31. The van der Waals surface area contributed by atoms with Crippen LogP contribution in [-0.4, -0.2) is 24.4 Å². The van der Waals surface area contributed by atoms with E-state index in [9.17, 15) is 9.59 Å². The summed E-state index contributed by atoms with van der Waals surface area (Å²) in [5.74, 6) is 0.104. The molecule has 1 heterocycles. The van der Waals surface area contributed by atoms with Crippen molar-refractivity contribution in [1.82, 2.24) is 0 Å². The molecule has 0 saturated heterocycles. The number of benzene rings is 2. The van der Waals surface area contributed by atoms with Gasteiger partial charge in [0.05, 0.1) is 16.8 Å². The SMILES string of the molecule is CCc1ccc(N2C(=O)c3ccc(NC[C@H]4CC[C@H](N)CC4)cc3C2=O)cc1. The number of nitrogens with zero attached hydrogens (tertiary/aromatic N) is 1. The second kappa shape index (κ2) is 7.76. The first kappa shape index (κ1) is 18.7. The van der Waals surface area contributed by atoms with Gasteiger partial charge >= 0.3 is 0 Å². The molecule has 4 rings (SSSR count). The van der Waals surface area contributed by atoms with Crippen LogP contribution in [0.3, 0.4) is 0 Å². The summed E-state index contributed by atoms with van der Waals surface area (Å²) in [6, 6.07) is 13.4. The average molecular weight is 377 g/mol. The summed E-state index contributed by atoms with van der Waals surface area (Å²) >= 11 is 0. The van der Waals surface area contributed by atoms with Crippen LogP contribution >= 0.6 is 0 Å². The number of carbonyl (C=O) groups is 2. The lowest BCUT2D eigenvalue weighted by molar-refractivity contribution is 0.0926. The Labute approximate surface area is 165 Å². The number of nitrogens with two attached hydrogens (primary N) is 1. The number of fused-ring (bicyclic) bond motifs is 1. The molecule has 0 unspecified atom stereocenters. The molecule has 5 nitrogen and oxygen atoms in total. The lowest BCUT2D eigenvalue weighted by atomic mass is 9.86.